The first-order valence-corrected chi connectivity index (χ1v) is 11.0. The zero-order chi connectivity index (χ0) is 21.8. The molecule has 0 bridgehead atoms. The molecule has 0 saturated heterocycles. The van der Waals surface area contributed by atoms with Crippen molar-refractivity contribution in [3.8, 4) is 10.8 Å². The molecule has 0 atom stereocenters. The maximum atomic E-state index is 12.0. The lowest BCUT2D eigenvalue weighted by molar-refractivity contribution is 0.0992. The Bertz CT molecular complexity index is 1430. The maximum Gasteiger partial charge on any atom is 0.265 e. The summed E-state index contributed by atoms with van der Waals surface area (Å²) in [6, 6.07) is 17.9. The maximum absolute atomic E-state index is 12.0. The lowest BCUT2D eigenvalue weighted by Crippen LogP contribution is -2.17. The second-order valence-electron chi connectivity index (χ2n) is 8.81. The first kappa shape index (κ1) is 19.6. The number of hydrogen-bond acceptors (Lipinski definition) is 4. The van der Waals surface area contributed by atoms with Crippen molar-refractivity contribution < 1.29 is 9.21 Å². The lowest BCUT2D eigenvalue weighted by Gasteiger charge is -2.13. The van der Waals surface area contributed by atoms with Crippen molar-refractivity contribution in [1.29, 1.82) is 0 Å². The molecule has 2 aromatic carbocycles. The summed E-state index contributed by atoms with van der Waals surface area (Å²) in [6.07, 6.45) is 0. The Balaban J connectivity index is 1.52. The van der Waals surface area contributed by atoms with Gasteiger partial charge in [-0.15, -0.1) is 11.3 Å². The fourth-order valence-electron chi connectivity index (χ4n) is 3.80. The number of benzene rings is 2. The summed E-state index contributed by atoms with van der Waals surface area (Å²) in [6.45, 7) is 7.01. The van der Waals surface area contributed by atoms with Crippen molar-refractivity contribution in [2.45, 2.75) is 32.7 Å². The number of rotatable bonds is 4. The largest absolute Gasteiger partial charge is 0.454 e. The fraction of sp³-hybridized carbons (Fsp3) is 0.200. The molecule has 1 amide bonds. The molecule has 0 fully saturated rings. The van der Waals surface area contributed by atoms with Crippen molar-refractivity contribution in [2.24, 2.45) is 5.73 Å². The Labute approximate surface area is 184 Å². The van der Waals surface area contributed by atoms with Crippen LogP contribution in [0.1, 0.15) is 42.5 Å². The van der Waals surface area contributed by atoms with Crippen molar-refractivity contribution >= 4 is 39.1 Å². The molecule has 0 spiro atoms. The molecule has 156 valence electrons. The summed E-state index contributed by atoms with van der Waals surface area (Å²) in [5.41, 5.74) is 10.1. The van der Waals surface area contributed by atoms with Crippen LogP contribution < -0.4 is 5.73 Å². The van der Waals surface area contributed by atoms with E-state index in [0.717, 1.165) is 43.9 Å². The molecule has 0 radical (unpaired) electrons. The van der Waals surface area contributed by atoms with E-state index >= 15 is 0 Å². The Hall–Kier alpha value is -3.38. The number of nitrogens with zero attached hydrogens (tertiary/aromatic N) is 2. The van der Waals surface area contributed by atoms with Crippen LogP contribution in [0.25, 0.3) is 32.6 Å². The van der Waals surface area contributed by atoms with Crippen molar-refractivity contribution in [3.63, 3.8) is 0 Å². The zero-order valence-electron chi connectivity index (χ0n) is 17.7. The van der Waals surface area contributed by atoms with E-state index in [2.05, 4.69) is 32.2 Å². The second-order valence-corrected chi connectivity index (χ2v) is 9.67. The van der Waals surface area contributed by atoms with Crippen molar-refractivity contribution in [1.82, 2.24) is 9.55 Å². The van der Waals surface area contributed by atoms with Crippen LogP contribution in [0.4, 0.5) is 0 Å². The van der Waals surface area contributed by atoms with Crippen molar-refractivity contribution in [3.05, 3.63) is 76.9 Å². The molecular weight excluding hydrogens is 406 g/mol. The van der Waals surface area contributed by atoms with Crippen LogP contribution in [0, 0.1) is 0 Å². The zero-order valence-corrected chi connectivity index (χ0v) is 18.5. The van der Waals surface area contributed by atoms with E-state index < -0.39 is 5.91 Å². The minimum absolute atomic E-state index is 0.00556. The van der Waals surface area contributed by atoms with Gasteiger partial charge in [-0.1, -0.05) is 45.0 Å². The predicted molar refractivity (Wildman–Crippen MR) is 126 cm³/mol. The predicted octanol–water partition coefficient (Wildman–Crippen LogP) is 5.96. The van der Waals surface area contributed by atoms with Crippen LogP contribution in [0.2, 0.25) is 0 Å². The molecule has 0 aliphatic carbocycles. The lowest BCUT2D eigenvalue weighted by atomic mass is 9.93. The molecule has 3 aromatic heterocycles. The number of fused-ring (bicyclic) bond motifs is 2. The minimum atomic E-state index is -0.429. The van der Waals surface area contributed by atoms with Crippen molar-refractivity contribution in [2.75, 3.05) is 0 Å². The molecular formula is C25H23N3O2S. The summed E-state index contributed by atoms with van der Waals surface area (Å²) >= 11 is 1.60. The number of thiazole rings is 1. The third-order valence-electron chi connectivity index (χ3n) is 5.47. The third-order valence-corrected chi connectivity index (χ3v) is 6.32. The monoisotopic (exact) mass is 429 g/mol. The van der Waals surface area contributed by atoms with E-state index in [1.165, 1.54) is 0 Å². The van der Waals surface area contributed by atoms with Gasteiger partial charge in [0, 0.05) is 33.6 Å². The summed E-state index contributed by atoms with van der Waals surface area (Å²) in [7, 11) is 0. The fourth-order valence-corrected chi connectivity index (χ4v) is 4.79. The summed E-state index contributed by atoms with van der Waals surface area (Å²) in [5, 5.41) is 4.99. The number of amides is 1. The molecule has 5 nitrogen and oxygen atoms in total. The number of aromatic nitrogens is 2. The quantitative estimate of drug-likeness (QED) is 0.383. The standard InChI is InChI=1S/C25H23N3O2S/c1-25(2,3)22-14-31-24(27-22)21-12-17-10-15(8-9-20(17)30-21)13-28-18-7-5-4-6-16(18)11-19(28)23(26)29/h4-12,14H,13H2,1-3H3,(H2,26,29). The molecule has 0 aliphatic rings. The second kappa shape index (κ2) is 7.10. The molecule has 2 N–H and O–H groups in total. The number of nitrogens with two attached hydrogens (primary N) is 1. The molecule has 0 aliphatic heterocycles. The highest BCUT2D eigenvalue weighted by Crippen LogP contribution is 2.33. The summed E-state index contributed by atoms with van der Waals surface area (Å²) in [5.74, 6) is 0.346. The Kier molecular flexibility index (Phi) is 4.48. The van der Waals surface area contributed by atoms with Gasteiger partial charge >= 0.3 is 0 Å². The van der Waals surface area contributed by atoms with Gasteiger partial charge in [-0.2, -0.15) is 0 Å². The van der Waals surface area contributed by atoms with E-state index in [1.54, 1.807) is 11.3 Å². The van der Waals surface area contributed by atoms with Gasteiger partial charge in [-0.25, -0.2) is 4.98 Å². The summed E-state index contributed by atoms with van der Waals surface area (Å²) < 4.78 is 8.04. The Morgan fingerprint density at radius 2 is 1.90 bits per heavy atom. The minimum Gasteiger partial charge on any atom is -0.454 e. The molecule has 31 heavy (non-hydrogen) atoms. The van der Waals surface area contributed by atoms with Gasteiger partial charge < -0.3 is 14.7 Å². The van der Waals surface area contributed by atoms with Gasteiger partial charge in [-0.3, -0.25) is 4.79 Å². The van der Waals surface area contributed by atoms with E-state index in [-0.39, 0.29) is 5.41 Å². The first-order chi connectivity index (χ1) is 14.8. The highest BCUT2D eigenvalue weighted by Gasteiger charge is 2.19. The van der Waals surface area contributed by atoms with Crippen LogP contribution >= 0.6 is 11.3 Å². The normalized spacial score (nSPS) is 12.1. The highest BCUT2D eigenvalue weighted by molar-refractivity contribution is 7.13. The van der Waals surface area contributed by atoms with Crippen LogP contribution in [0.3, 0.4) is 0 Å². The molecule has 3 heterocycles. The topological polar surface area (TPSA) is 74.0 Å². The number of carbonyl (C=O) groups is 1. The van der Waals surface area contributed by atoms with E-state index in [4.69, 9.17) is 15.1 Å². The molecule has 5 rings (SSSR count). The van der Waals surface area contributed by atoms with Gasteiger partial charge in [-0.05, 0) is 35.9 Å². The average molecular weight is 430 g/mol. The Morgan fingerprint density at radius 3 is 2.65 bits per heavy atom. The van der Waals surface area contributed by atoms with Gasteiger partial charge in [0.05, 0.1) is 5.69 Å². The number of para-hydroxylation sites is 1. The van der Waals surface area contributed by atoms with E-state index in [9.17, 15) is 4.79 Å². The third kappa shape index (κ3) is 3.53. The number of primary amides is 1. The number of furan rings is 1. The van der Waals surface area contributed by atoms with E-state index in [1.807, 2.05) is 53.1 Å². The van der Waals surface area contributed by atoms with Gasteiger partial charge in [0.1, 0.15) is 11.3 Å². The average Bonchev–Trinajstić information content (AvgIpc) is 3.44. The molecule has 0 saturated carbocycles. The Morgan fingerprint density at radius 1 is 1.10 bits per heavy atom. The molecule has 0 unspecified atom stereocenters. The first-order valence-electron chi connectivity index (χ1n) is 10.2. The summed E-state index contributed by atoms with van der Waals surface area (Å²) in [4.78, 5) is 16.8. The van der Waals surface area contributed by atoms with Gasteiger partial charge in [0.15, 0.2) is 10.8 Å². The van der Waals surface area contributed by atoms with Crippen LogP contribution in [0.5, 0.6) is 0 Å². The van der Waals surface area contributed by atoms with Crippen LogP contribution in [-0.2, 0) is 12.0 Å². The van der Waals surface area contributed by atoms with Crippen LogP contribution in [-0.4, -0.2) is 15.5 Å². The van der Waals surface area contributed by atoms with Crippen LogP contribution in [0.15, 0.2) is 64.4 Å². The number of carbonyl (C=O) groups excluding carboxylic acids is 1. The SMILES string of the molecule is CC(C)(C)c1csc(-c2cc3cc(Cn4c(C(N)=O)cc5ccccc54)ccc3o2)n1. The van der Waals surface area contributed by atoms with E-state index in [0.29, 0.717) is 12.2 Å². The molecule has 6 heteroatoms. The molecule has 5 aromatic rings. The highest BCUT2D eigenvalue weighted by atomic mass is 32.1. The number of hydrogen-bond donors (Lipinski definition) is 1. The van der Waals surface area contributed by atoms with Gasteiger partial charge in [0.2, 0.25) is 0 Å². The van der Waals surface area contributed by atoms with Gasteiger partial charge in [0.25, 0.3) is 5.91 Å². The smallest absolute Gasteiger partial charge is 0.265 e.